The van der Waals surface area contributed by atoms with Crippen molar-refractivity contribution in [1.29, 1.82) is 0 Å². The van der Waals surface area contributed by atoms with Gasteiger partial charge >= 0.3 is 13.7 Å². The number of amides is 2. The molecule has 0 unspecified atom stereocenters. The zero-order valence-electron chi connectivity index (χ0n) is 29.4. The van der Waals surface area contributed by atoms with Crippen molar-refractivity contribution >= 4 is 42.7 Å². The van der Waals surface area contributed by atoms with E-state index in [9.17, 15) is 23.3 Å². The molecule has 0 spiro atoms. The standard InChI is InChI=1S/C35H38ClF2N4O9P/c1-20(2)50-52(46,51-21(3)4)19-47-27-15-17-42(24-11-8-22(37)9-12-24)33(44)29(27)32(43)40-23-10-13-26(25(38)18-23)48-28-14-16-39-31(30(28)36)41-34(45)49-35(5,6)7/h8-18,20-21H,19H2,1-7H3,(H,40,43)(H,39,41,45). The Bertz CT molecular complexity index is 2020. The summed E-state index contributed by atoms with van der Waals surface area (Å²) in [6.45, 7) is 11.7. The van der Waals surface area contributed by atoms with Gasteiger partial charge in [-0.25, -0.2) is 18.6 Å². The Morgan fingerprint density at radius 3 is 2.17 bits per heavy atom. The van der Waals surface area contributed by atoms with E-state index in [1.165, 1.54) is 48.8 Å². The minimum atomic E-state index is -3.88. The molecule has 0 radical (unpaired) electrons. The van der Waals surface area contributed by atoms with Crippen molar-refractivity contribution in [3.8, 4) is 22.9 Å². The molecule has 0 bridgehead atoms. The normalized spacial score (nSPS) is 11.8. The Morgan fingerprint density at radius 1 is 0.923 bits per heavy atom. The number of rotatable bonds is 13. The van der Waals surface area contributed by atoms with Crippen LogP contribution in [0.25, 0.3) is 5.69 Å². The van der Waals surface area contributed by atoms with Crippen LogP contribution in [0.1, 0.15) is 58.8 Å². The smallest absolute Gasteiger partial charge is 0.413 e. The van der Waals surface area contributed by atoms with Crippen molar-refractivity contribution in [3.63, 3.8) is 0 Å². The van der Waals surface area contributed by atoms with Crippen LogP contribution in [0.3, 0.4) is 0 Å². The molecule has 17 heteroatoms. The van der Waals surface area contributed by atoms with Gasteiger partial charge in [0.25, 0.3) is 11.5 Å². The van der Waals surface area contributed by atoms with Gasteiger partial charge in [-0.2, -0.15) is 0 Å². The maximum atomic E-state index is 15.3. The average Bonchev–Trinajstić information content (AvgIpc) is 3.02. The maximum absolute atomic E-state index is 15.3. The Kier molecular flexibility index (Phi) is 12.8. The number of pyridine rings is 2. The van der Waals surface area contributed by atoms with Crippen molar-refractivity contribution in [2.75, 3.05) is 17.0 Å². The molecule has 0 aliphatic rings. The average molecular weight is 763 g/mol. The first-order valence-electron chi connectivity index (χ1n) is 15.9. The second-order valence-electron chi connectivity index (χ2n) is 12.7. The van der Waals surface area contributed by atoms with Gasteiger partial charge in [0.2, 0.25) is 0 Å². The fraction of sp³-hybridized carbons (Fsp3) is 0.314. The molecule has 2 aromatic heterocycles. The zero-order chi connectivity index (χ0) is 38.4. The number of anilines is 2. The largest absolute Gasteiger partial charge is 0.480 e. The summed E-state index contributed by atoms with van der Waals surface area (Å²) in [6.07, 6.45) is 0.107. The Balaban J connectivity index is 1.62. The minimum Gasteiger partial charge on any atom is -0.480 e. The molecule has 0 saturated carbocycles. The van der Waals surface area contributed by atoms with Crippen LogP contribution in [0.5, 0.6) is 17.2 Å². The number of hydrogen-bond donors (Lipinski definition) is 2. The summed E-state index contributed by atoms with van der Waals surface area (Å²) in [7, 11) is -3.88. The third-order valence-electron chi connectivity index (χ3n) is 6.39. The van der Waals surface area contributed by atoms with Gasteiger partial charge in [0, 0.05) is 35.9 Å². The van der Waals surface area contributed by atoms with Gasteiger partial charge < -0.3 is 28.6 Å². The van der Waals surface area contributed by atoms with E-state index >= 15 is 4.39 Å². The Labute approximate surface area is 303 Å². The lowest BCUT2D eigenvalue weighted by molar-refractivity contribution is 0.0635. The van der Waals surface area contributed by atoms with Gasteiger partial charge in [0.1, 0.15) is 27.8 Å². The number of nitrogens with one attached hydrogen (secondary N) is 2. The van der Waals surface area contributed by atoms with E-state index in [0.717, 1.165) is 22.8 Å². The summed E-state index contributed by atoms with van der Waals surface area (Å²) < 4.78 is 71.1. The Hall–Kier alpha value is -4.82. The van der Waals surface area contributed by atoms with Crippen molar-refractivity contribution in [2.45, 2.75) is 66.3 Å². The lowest BCUT2D eigenvalue weighted by Crippen LogP contribution is -2.29. The molecular formula is C35H38ClF2N4O9P. The number of benzene rings is 2. The van der Waals surface area contributed by atoms with Crippen LogP contribution in [-0.4, -0.2) is 45.7 Å². The molecule has 13 nitrogen and oxygen atoms in total. The maximum Gasteiger partial charge on any atom is 0.413 e. The zero-order valence-corrected chi connectivity index (χ0v) is 31.0. The number of halogens is 3. The molecule has 52 heavy (non-hydrogen) atoms. The molecule has 2 aromatic carbocycles. The first-order valence-corrected chi connectivity index (χ1v) is 18.0. The van der Waals surface area contributed by atoms with Crippen molar-refractivity contribution < 1.29 is 46.2 Å². The highest BCUT2D eigenvalue weighted by atomic mass is 35.5. The lowest BCUT2D eigenvalue weighted by Gasteiger charge is -2.23. The van der Waals surface area contributed by atoms with Crippen LogP contribution in [0.15, 0.2) is 71.8 Å². The van der Waals surface area contributed by atoms with Crippen LogP contribution in [0, 0.1) is 11.6 Å². The summed E-state index contributed by atoms with van der Waals surface area (Å²) in [6, 6.07) is 11.0. The monoisotopic (exact) mass is 762 g/mol. The first kappa shape index (κ1) is 40.0. The van der Waals surface area contributed by atoms with E-state index in [4.69, 9.17) is 34.9 Å². The molecule has 0 saturated heterocycles. The molecule has 0 fully saturated rings. The molecule has 2 amide bonds. The molecule has 0 aliphatic carbocycles. The van der Waals surface area contributed by atoms with Crippen LogP contribution in [-0.2, 0) is 18.3 Å². The van der Waals surface area contributed by atoms with Gasteiger partial charge in [0.15, 0.2) is 29.5 Å². The predicted octanol–water partition coefficient (Wildman–Crippen LogP) is 8.94. The highest BCUT2D eigenvalue weighted by Crippen LogP contribution is 2.50. The van der Waals surface area contributed by atoms with E-state index in [2.05, 4.69) is 15.6 Å². The van der Waals surface area contributed by atoms with E-state index in [1.54, 1.807) is 48.5 Å². The van der Waals surface area contributed by atoms with Crippen LogP contribution in [0.4, 0.5) is 25.1 Å². The lowest BCUT2D eigenvalue weighted by atomic mass is 10.2. The SMILES string of the molecule is CC(C)OP(=O)(COc1ccn(-c2ccc(F)cc2)c(=O)c1C(=O)Nc1ccc(Oc2ccnc(NC(=O)OC(C)(C)C)c2Cl)c(F)c1)OC(C)C. The van der Waals surface area contributed by atoms with Crippen molar-refractivity contribution in [3.05, 3.63) is 99.6 Å². The molecule has 0 atom stereocenters. The summed E-state index contributed by atoms with van der Waals surface area (Å²) in [4.78, 5) is 43.7. The van der Waals surface area contributed by atoms with Crippen molar-refractivity contribution in [1.82, 2.24) is 9.55 Å². The third kappa shape index (κ3) is 10.8. The summed E-state index contributed by atoms with van der Waals surface area (Å²) in [5, 5.41) is 4.73. The van der Waals surface area contributed by atoms with Crippen LogP contribution >= 0.6 is 19.2 Å². The van der Waals surface area contributed by atoms with E-state index < -0.39 is 66.5 Å². The summed E-state index contributed by atoms with van der Waals surface area (Å²) >= 11 is 6.36. The van der Waals surface area contributed by atoms with E-state index in [0.29, 0.717) is 0 Å². The van der Waals surface area contributed by atoms with E-state index in [-0.39, 0.29) is 39.5 Å². The number of carbonyl (C=O) groups is 2. The fourth-order valence-corrected chi connectivity index (χ4v) is 6.45. The van der Waals surface area contributed by atoms with Crippen LogP contribution in [0.2, 0.25) is 5.02 Å². The molecule has 2 N–H and O–H groups in total. The quantitative estimate of drug-likeness (QED) is 0.126. The van der Waals surface area contributed by atoms with Gasteiger partial charge in [-0.3, -0.25) is 24.0 Å². The molecule has 0 aliphatic heterocycles. The highest BCUT2D eigenvalue weighted by molar-refractivity contribution is 7.53. The van der Waals surface area contributed by atoms with Crippen LogP contribution < -0.4 is 25.7 Å². The van der Waals surface area contributed by atoms with Gasteiger partial charge in [-0.1, -0.05) is 11.6 Å². The summed E-state index contributed by atoms with van der Waals surface area (Å²) in [5.74, 6) is -3.20. The topological polar surface area (TPSA) is 156 Å². The predicted molar refractivity (Wildman–Crippen MR) is 191 cm³/mol. The first-order chi connectivity index (χ1) is 24.3. The molecular weight excluding hydrogens is 725 g/mol. The fourth-order valence-electron chi connectivity index (χ4n) is 4.50. The van der Waals surface area contributed by atoms with E-state index in [1.807, 2.05) is 0 Å². The number of ether oxygens (including phenoxy) is 3. The minimum absolute atomic E-state index is 0.0500. The number of hydrogen-bond acceptors (Lipinski definition) is 10. The van der Waals surface area contributed by atoms with Gasteiger partial charge in [0.05, 0.1) is 12.2 Å². The van der Waals surface area contributed by atoms with Gasteiger partial charge in [-0.05, 0) is 90.9 Å². The number of aromatic nitrogens is 2. The third-order valence-corrected chi connectivity index (χ3v) is 8.69. The number of nitrogens with zero attached hydrogens (tertiary/aromatic N) is 2. The molecule has 278 valence electrons. The second-order valence-corrected chi connectivity index (χ2v) is 15.0. The Morgan fingerprint density at radius 2 is 1.58 bits per heavy atom. The molecule has 4 rings (SSSR count). The molecule has 2 heterocycles. The van der Waals surface area contributed by atoms with Gasteiger partial charge in [-0.15, -0.1) is 0 Å². The van der Waals surface area contributed by atoms with Crippen molar-refractivity contribution in [2.24, 2.45) is 0 Å². The second kappa shape index (κ2) is 16.7. The number of carbonyl (C=O) groups excluding carboxylic acids is 2. The molecule has 4 aromatic rings. The summed E-state index contributed by atoms with van der Waals surface area (Å²) in [5.41, 5.74) is -2.05. The highest BCUT2D eigenvalue weighted by Gasteiger charge is 2.31.